The number of aryl methyl sites for hydroxylation is 1. The van der Waals surface area contributed by atoms with Crippen molar-refractivity contribution in [2.75, 3.05) is 5.32 Å². The number of fused-ring (bicyclic) bond motifs is 1. The van der Waals surface area contributed by atoms with Gasteiger partial charge in [-0.1, -0.05) is 48.9 Å². The molecule has 1 aliphatic rings. The number of hydrogen-bond acceptors (Lipinski definition) is 2. The molecule has 130 valence electrons. The van der Waals surface area contributed by atoms with Crippen LogP contribution in [0.3, 0.4) is 0 Å². The molecular formula is C20H23N3O2. The summed E-state index contributed by atoms with van der Waals surface area (Å²) in [6.45, 7) is 0. The van der Waals surface area contributed by atoms with E-state index < -0.39 is 5.91 Å². The van der Waals surface area contributed by atoms with E-state index in [1.54, 1.807) is 12.1 Å². The van der Waals surface area contributed by atoms with Gasteiger partial charge in [0.25, 0.3) is 0 Å². The molecule has 2 aromatic rings. The lowest BCUT2D eigenvalue weighted by molar-refractivity contribution is -0.117. The van der Waals surface area contributed by atoms with Crippen LogP contribution in [0.25, 0.3) is 0 Å². The molecule has 0 heterocycles. The van der Waals surface area contributed by atoms with Crippen molar-refractivity contribution < 1.29 is 9.59 Å². The topological polar surface area (TPSA) is 84.2 Å². The van der Waals surface area contributed by atoms with Gasteiger partial charge in [-0.25, -0.2) is 4.79 Å². The number of urea groups is 1. The number of nitrogens with two attached hydrogens (primary N) is 1. The number of hydrogen-bond donors (Lipinski definition) is 3. The fraction of sp³-hybridized carbons (Fsp3) is 0.300. The maximum absolute atomic E-state index is 12.5. The van der Waals surface area contributed by atoms with E-state index >= 15 is 0 Å². The molecule has 0 aromatic heterocycles. The second-order valence-corrected chi connectivity index (χ2v) is 6.40. The summed E-state index contributed by atoms with van der Waals surface area (Å²) in [5.74, 6) is -0.424. The molecular weight excluding hydrogens is 314 g/mol. The smallest absolute Gasteiger partial charge is 0.319 e. The summed E-state index contributed by atoms with van der Waals surface area (Å²) in [4.78, 5) is 23.7. The molecule has 4 N–H and O–H groups in total. The summed E-state index contributed by atoms with van der Waals surface area (Å²) in [6.07, 6.45) is 4.30. The molecule has 0 saturated carbocycles. The molecule has 0 radical (unpaired) electrons. The predicted molar refractivity (Wildman–Crippen MR) is 98.2 cm³/mol. The number of carbonyl (C=O) groups is 2. The Bertz CT molecular complexity index is 773. The van der Waals surface area contributed by atoms with Crippen molar-refractivity contribution >= 4 is 17.6 Å². The monoisotopic (exact) mass is 337 g/mol. The Labute approximate surface area is 147 Å². The van der Waals surface area contributed by atoms with E-state index in [1.807, 2.05) is 24.3 Å². The third-order valence-corrected chi connectivity index (χ3v) is 4.55. The van der Waals surface area contributed by atoms with Crippen molar-refractivity contribution in [1.82, 2.24) is 5.32 Å². The fourth-order valence-electron chi connectivity index (χ4n) is 3.37. The van der Waals surface area contributed by atoms with Crippen LogP contribution in [0, 0.1) is 0 Å². The van der Waals surface area contributed by atoms with Gasteiger partial charge in [0.05, 0.1) is 12.5 Å². The number of amides is 3. The summed E-state index contributed by atoms with van der Waals surface area (Å²) in [6, 6.07) is 15.2. The van der Waals surface area contributed by atoms with Crippen molar-refractivity contribution in [3.8, 4) is 0 Å². The van der Waals surface area contributed by atoms with Gasteiger partial charge in [-0.05, 0) is 42.0 Å². The van der Waals surface area contributed by atoms with Crippen molar-refractivity contribution in [2.45, 2.75) is 38.1 Å². The van der Waals surface area contributed by atoms with Crippen LogP contribution in [0.2, 0.25) is 0 Å². The van der Waals surface area contributed by atoms with Gasteiger partial charge in [-0.3, -0.25) is 4.79 Å². The summed E-state index contributed by atoms with van der Waals surface area (Å²) < 4.78 is 0. The van der Waals surface area contributed by atoms with Crippen LogP contribution in [0.4, 0.5) is 10.5 Å². The van der Waals surface area contributed by atoms with Crippen LogP contribution >= 0.6 is 0 Å². The lowest BCUT2D eigenvalue weighted by Crippen LogP contribution is -2.33. The normalized spacial score (nSPS) is 16.4. The zero-order chi connectivity index (χ0) is 17.6. The zero-order valence-corrected chi connectivity index (χ0v) is 14.1. The minimum absolute atomic E-state index is 0.00185. The van der Waals surface area contributed by atoms with E-state index in [0.29, 0.717) is 11.3 Å². The molecule has 0 saturated heterocycles. The van der Waals surface area contributed by atoms with Crippen LogP contribution in [-0.2, 0) is 17.6 Å². The van der Waals surface area contributed by atoms with Gasteiger partial charge >= 0.3 is 6.03 Å². The molecule has 5 heteroatoms. The lowest BCUT2D eigenvalue weighted by atomic mass is 9.99. The minimum Gasteiger partial charge on any atom is -0.369 e. The molecule has 2 aromatic carbocycles. The van der Waals surface area contributed by atoms with Crippen molar-refractivity contribution in [2.24, 2.45) is 5.73 Å². The van der Waals surface area contributed by atoms with Gasteiger partial charge in [-0.2, -0.15) is 0 Å². The lowest BCUT2D eigenvalue weighted by Gasteiger charge is -2.20. The van der Waals surface area contributed by atoms with Crippen molar-refractivity contribution in [3.05, 3.63) is 65.2 Å². The molecule has 3 rings (SSSR count). The number of para-hydroxylation sites is 1. The largest absolute Gasteiger partial charge is 0.369 e. The average molecular weight is 337 g/mol. The van der Waals surface area contributed by atoms with Gasteiger partial charge in [0.1, 0.15) is 0 Å². The summed E-state index contributed by atoms with van der Waals surface area (Å²) in [7, 11) is 0. The highest BCUT2D eigenvalue weighted by Gasteiger charge is 2.20. The Kier molecular flexibility index (Phi) is 5.33. The molecule has 0 bridgehead atoms. The van der Waals surface area contributed by atoms with E-state index in [2.05, 4.69) is 22.8 Å². The molecule has 1 aliphatic carbocycles. The second-order valence-electron chi connectivity index (χ2n) is 6.40. The predicted octanol–water partition coefficient (Wildman–Crippen LogP) is 3.30. The van der Waals surface area contributed by atoms with Crippen LogP contribution in [-0.4, -0.2) is 11.9 Å². The first-order valence-corrected chi connectivity index (χ1v) is 8.65. The molecule has 0 unspecified atom stereocenters. The first kappa shape index (κ1) is 17.0. The Morgan fingerprint density at radius 2 is 1.80 bits per heavy atom. The quantitative estimate of drug-likeness (QED) is 0.748. The zero-order valence-electron chi connectivity index (χ0n) is 14.1. The average Bonchev–Trinajstić information content (AvgIpc) is 2.79. The van der Waals surface area contributed by atoms with E-state index in [9.17, 15) is 9.59 Å². The summed E-state index contributed by atoms with van der Waals surface area (Å²) >= 11 is 0. The highest BCUT2D eigenvalue weighted by atomic mass is 16.2. The summed E-state index contributed by atoms with van der Waals surface area (Å²) in [5.41, 5.74) is 9.10. The van der Waals surface area contributed by atoms with Crippen molar-refractivity contribution in [1.29, 1.82) is 0 Å². The van der Waals surface area contributed by atoms with Gasteiger partial charge in [0.2, 0.25) is 5.91 Å². The Balaban J connectivity index is 1.72. The fourth-order valence-corrected chi connectivity index (χ4v) is 3.37. The van der Waals surface area contributed by atoms with Crippen LogP contribution in [0.1, 0.15) is 42.0 Å². The highest BCUT2D eigenvalue weighted by Crippen LogP contribution is 2.28. The van der Waals surface area contributed by atoms with Crippen LogP contribution in [0.5, 0.6) is 0 Å². The molecule has 0 spiro atoms. The molecule has 25 heavy (non-hydrogen) atoms. The molecule has 5 nitrogen and oxygen atoms in total. The first-order valence-electron chi connectivity index (χ1n) is 8.65. The van der Waals surface area contributed by atoms with Gasteiger partial charge in [0, 0.05) is 5.69 Å². The SMILES string of the molecule is NC(=O)Cc1ccccc1NC(=O)N[C@H]1CCCCc2ccccc21. The molecule has 0 aliphatic heterocycles. The number of primary amides is 1. The Morgan fingerprint density at radius 3 is 2.64 bits per heavy atom. The molecule has 3 amide bonds. The maximum Gasteiger partial charge on any atom is 0.319 e. The number of carbonyl (C=O) groups excluding carboxylic acids is 2. The van der Waals surface area contributed by atoms with Crippen LogP contribution in [0.15, 0.2) is 48.5 Å². The molecule has 1 atom stereocenters. The maximum atomic E-state index is 12.5. The second kappa shape index (κ2) is 7.83. The number of rotatable bonds is 4. The summed E-state index contributed by atoms with van der Waals surface area (Å²) in [5, 5.41) is 5.93. The van der Waals surface area contributed by atoms with E-state index in [-0.39, 0.29) is 18.5 Å². The number of nitrogens with one attached hydrogen (secondary N) is 2. The van der Waals surface area contributed by atoms with Crippen molar-refractivity contribution in [3.63, 3.8) is 0 Å². The van der Waals surface area contributed by atoms with E-state index in [1.165, 1.54) is 11.1 Å². The Morgan fingerprint density at radius 1 is 1.04 bits per heavy atom. The third-order valence-electron chi connectivity index (χ3n) is 4.55. The van der Waals surface area contributed by atoms with E-state index in [4.69, 9.17) is 5.73 Å². The third kappa shape index (κ3) is 4.38. The first-order chi connectivity index (χ1) is 12.1. The van der Waals surface area contributed by atoms with Gasteiger partial charge in [-0.15, -0.1) is 0 Å². The Hall–Kier alpha value is -2.82. The standard InChI is InChI=1S/C20H23N3O2/c21-19(24)13-15-9-3-5-11-17(15)22-20(25)23-18-12-6-2-8-14-7-1-4-10-16(14)18/h1,3-5,7,9-11,18H,2,6,8,12-13H2,(H2,21,24)(H2,22,23,25)/t18-/m0/s1. The highest BCUT2D eigenvalue weighted by molar-refractivity contribution is 5.91. The minimum atomic E-state index is -0.424. The molecule has 0 fully saturated rings. The number of anilines is 1. The van der Waals surface area contributed by atoms with Gasteiger partial charge in [0.15, 0.2) is 0 Å². The van der Waals surface area contributed by atoms with Gasteiger partial charge < -0.3 is 16.4 Å². The number of benzene rings is 2. The van der Waals surface area contributed by atoms with E-state index in [0.717, 1.165) is 25.7 Å². The van der Waals surface area contributed by atoms with Crippen LogP contribution < -0.4 is 16.4 Å².